The fraction of sp³-hybridized carbons (Fsp3) is 0.333. The number of nitrogens with zero attached hydrogens (tertiary/aromatic N) is 2. The zero-order chi connectivity index (χ0) is 25.3. The van der Waals surface area contributed by atoms with Crippen molar-refractivity contribution in [3.05, 3.63) is 59.7 Å². The normalized spacial score (nSPS) is 12.4. The number of para-hydroxylation sites is 2. The van der Waals surface area contributed by atoms with Gasteiger partial charge in [-0.3, -0.25) is 9.98 Å². The third-order valence-electron chi connectivity index (χ3n) is 4.42. The molecule has 1 radical (unpaired) electrons. The Hall–Kier alpha value is -2.46. The Morgan fingerprint density at radius 1 is 0.771 bits per heavy atom. The van der Waals surface area contributed by atoms with Gasteiger partial charge in [-0.05, 0) is 61.1 Å². The van der Waals surface area contributed by atoms with E-state index in [0.717, 1.165) is 11.5 Å². The molecule has 2 aromatic carbocycles. The van der Waals surface area contributed by atoms with Crippen molar-refractivity contribution >= 4 is 47.9 Å². The molecule has 35 heavy (non-hydrogen) atoms. The molecular weight excluding hydrogens is 540 g/mol. The quantitative estimate of drug-likeness (QED) is 0.222. The number of phenols is 2. The molecular formula is C24H30CuN2O6S2. The van der Waals surface area contributed by atoms with Gasteiger partial charge in [0.15, 0.2) is 0 Å². The number of carboxylic acid groups (broad SMARTS) is 2. The number of benzene rings is 2. The van der Waals surface area contributed by atoms with E-state index in [1.807, 2.05) is 12.5 Å². The molecule has 2 unspecified atom stereocenters. The van der Waals surface area contributed by atoms with Gasteiger partial charge in [0.05, 0.1) is 0 Å². The molecule has 0 aliphatic heterocycles. The summed E-state index contributed by atoms with van der Waals surface area (Å²) in [5.74, 6) is -0.184. The molecule has 0 bridgehead atoms. The van der Waals surface area contributed by atoms with E-state index in [9.17, 15) is 19.8 Å². The van der Waals surface area contributed by atoms with Gasteiger partial charge in [0.1, 0.15) is 23.6 Å². The standard InChI is InChI=1S/2C12H15NO3S.Cu/c2*1-17-7-6-10(12(15)16)13-8-9-4-2-3-5-11(9)14;/h2*2-5,8,10,14H,6-7H2,1H3,(H,15,16);. The molecule has 0 heterocycles. The number of aromatic hydroxyl groups is 2. The van der Waals surface area contributed by atoms with Gasteiger partial charge in [0.2, 0.25) is 0 Å². The summed E-state index contributed by atoms with van der Waals surface area (Å²) in [5, 5.41) is 36.9. The summed E-state index contributed by atoms with van der Waals surface area (Å²) in [4.78, 5) is 29.8. The number of carbonyl (C=O) groups is 2. The molecule has 11 heteroatoms. The number of phenolic OH excluding ortho intramolecular Hbond substituents is 2. The number of carboxylic acids is 2. The first-order chi connectivity index (χ1) is 16.3. The van der Waals surface area contributed by atoms with E-state index in [4.69, 9.17) is 10.2 Å². The van der Waals surface area contributed by atoms with E-state index in [0.29, 0.717) is 24.0 Å². The smallest absolute Gasteiger partial charge is 0.328 e. The minimum atomic E-state index is -0.939. The van der Waals surface area contributed by atoms with E-state index >= 15 is 0 Å². The van der Waals surface area contributed by atoms with Crippen molar-refractivity contribution in [2.75, 3.05) is 24.0 Å². The van der Waals surface area contributed by atoms with Crippen LogP contribution >= 0.6 is 23.5 Å². The molecule has 2 aromatic rings. The van der Waals surface area contributed by atoms with Gasteiger partial charge in [-0.25, -0.2) is 9.59 Å². The largest absolute Gasteiger partial charge is 0.507 e. The monoisotopic (exact) mass is 569 g/mol. The predicted molar refractivity (Wildman–Crippen MR) is 140 cm³/mol. The van der Waals surface area contributed by atoms with Gasteiger partial charge in [-0.2, -0.15) is 23.5 Å². The molecule has 0 amide bonds. The number of thioether (sulfide) groups is 2. The third kappa shape index (κ3) is 13.3. The number of hydrogen-bond acceptors (Lipinski definition) is 8. The van der Waals surface area contributed by atoms with Crippen LogP contribution in [0.1, 0.15) is 24.0 Å². The van der Waals surface area contributed by atoms with Crippen LogP contribution in [0.3, 0.4) is 0 Å². The molecule has 0 spiro atoms. The number of rotatable bonds is 12. The summed E-state index contributed by atoms with van der Waals surface area (Å²) < 4.78 is 0. The Morgan fingerprint density at radius 3 is 1.40 bits per heavy atom. The molecule has 8 nitrogen and oxygen atoms in total. The molecule has 0 fully saturated rings. The minimum Gasteiger partial charge on any atom is -0.507 e. The SMILES string of the molecule is CSCCC(N=Cc1ccccc1O)C(=O)O.CSCCC(N=Cc1ccccc1O)C(=O)O.[Cu]. The maximum atomic E-state index is 10.9. The summed E-state index contributed by atoms with van der Waals surface area (Å²) in [6.07, 6.45) is 7.64. The maximum absolute atomic E-state index is 10.9. The third-order valence-corrected chi connectivity index (χ3v) is 5.71. The Kier molecular flexibility index (Phi) is 17.5. The topological polar surface area (TPSA) is 140 Å². The first-order valence-electron chi connectivity index (χ1n) is 10.4. The molecule has 4 N–H and O–H groups in total. The first-order valence-corrected chi connectivity index (χ1v) is 13.1. The molecule has 0 saturated heterocycles. The van der Waals surface area contributed by atoms with Crippen LogP contribution in [0.15, 0.2) is 58.5 Å². The van der Waals surface area contributed by atoms with Crippen molar-refractivity contribution in [2.45, 2.75) is 24.9 Å². The van der Waals surface area contributed by atoms with Crippen molar-refractivity contribution in [1.29, 1.82) is 0 Å². The number of hydrogen-bond donors (Lipinski definition) is 4. The van der Waals surface area contributed by atoms with Crippen LogP contribution in [0.4, 0.5) is 0 Å². The van der Waals surface area contributed by atoms with Crippen molar-refractivity contribution in [3.63, 3.8) is 0 Å². The van der Waals surface area contributed by atoms with Gasteiger partial charge >= 0.3 is 11.9 Å². The summed E-state index contributed by atoms with van der Waals surface area (Å²) in [7, 11) is 0. The molecule has 2 atom stereocenters. The molecule has 0 saturated carbocycles. The molecule has 0 aliphatic carbocycles. The van der Waals surface area contributed by atoms with Crippen LogP contribution in [-0.2, 0) is 26.7 Å². The van der Waals surface area contributed by atoms with E-state index in [1.165, 1.54) is 12.4 Å². The zero-order valence-electron chi connectivity index (χ0n) is 19.4. The van der Waals surface area contributed by atoms with Crippen LogP contribution in [0.5, 0.6) is 11.5 Å². The Balaban J connectivity index is 0.000000642. The summed E-state index contributed by atoms with van der Waals surface area (Å²) in [6, 6.07) is 11.9. The Labute approximate surface area is 224 Å². The summed E-state index contributed by atoms with van der Waals surface area (Å²) >= 11 is 3.17. The second kappa shape index (κ2) is 18.8. The summed E-state index contributed by atoms with van der Waals surface area (Å²) in [5.41, 5.74) is 1.06. The van der Waals surface area contributed by atoms with Crippen LogP contribution in [-0.4, -0.2) is 80.9 Å². The van der Waals surface area contributed by atoms with E-state index in [1.54, 1.807) is 72.1 Å². The number of aliphatic carboxylic acids is 2. The molecule has 195 valence electrons. The zero-order valence-corrected chi connectivity index (χ0v) is 21.9. The van der Waals surface area contributed by atoms with Crippen molar-refractivity contribution in [3.8, 4) is 11.5 Å². The fourth-order valence-electron chi connectivity index (χ4n) is 2.52. The fourth-order valence-corrected chi connectivity index (χ4v) is 3.43. The average Bonchev–Trinajstić information content (AvgIpc) is 2.81. The maximum Gasteiger partial charge on any atom is 0.328 e. The average molecular weight is 570 g/mol. The van der Waals surface area contributed by atoms with Crippen LogP contribution < -0.4 is 0 Å². The van der Waals surface area contributed by atoms with Gasteiger partial charge in [-0.15, -0.1) is 0 Å². The first kappa shape index (κ1) is 32.5. The second-order valence-electron chi connectivity index (χ2n) is 6.94. The van der Waals surface area contributed by atoms with Crippen molar-refractivity contribution in [2.24, 2.45) is 9.98 Å². The molecule has 0 aromatic heterocycles. The van der Waals surface area contributed by atoms with E-state index in [-0.39, 0.29) is 28.6 Å². The van der Waals surface area contributed by atoms with E-state index < -0.39 is 24.0 Å². The van der Waals surface area contributed by atoms with Gasteiger partial charge < -0.3 is 20.4 Å². The minimum absolute atomic E-state index is 0. The Morgan fingerprint density at radius 2 is 1.11 bits per heavy atom. The van der Waals surface area contributed by atoms with Gasteiger partial charge in [0.25, 0.3) is 0 Å². The van der Waals surface area contributed by atoms with Crippen molar-refractivity contribution in [1.82, 2.24) is 0 Å². The Bertz CT molecular complexity index is 897. The molecule has 2 rings (SSSR count). The van der Waals surface area contributed by atoms with Crippen molar-refractivity contribution < 1.29 is 47.1 Å². The second-order valence-corrected chi connectivity index (χ2v) is 8.92. The van der Waals surface area contributed by atoms with Crippen LogP contribution in [0, 0.1) is 0 Å². The molecule has 0 aliphatic rings. The van der Waals surface area contributed by atoms with Gasteiger partial charge in [-0.1, -0.05) is 24.3 Å². The van der Waals surface area contributed by atoms with E-state index in [2.05, 4.69) is 9.98 Å². The number of aliphatic imine (C=N–C) groups is 2. The predicted octanol–water partition coefficient (Wildman–Crippen LogP) is 4.03. The van der Waals surface area contributed by atoms with Gasteiger partial charge in [0, 0.05) is 40.6 Å². The van der Waals surface area contributed by atoms with Crippen LogP contribution in [0.25, 0.3) is 0 Å². The summed E-state index contributed by atoms with van der Waals surface area (Å²) in [6.45, 7) is 0. The van der Waals surface area contributed by atoms with Crippen LogP contribution in [0.2, 0.25) is 0 Å².